The van der Waals surface area contributed by atoms with Crippen LogP contribution in [-0.2, 0) is 4.74 Å². The lowest BCUT2D eigenvalue weighted by Gasteiger charge is -2.34. The van der Waals surface area contributed by atoms with E-state index in [1.807, 2.05) is 11.9 Å². The maximum Gasteiger partial charge on any atom is 0.292 e. The Labute approximate surface area is 116 Å². The second-order valence-corrected chi connectivity index (χ2v) is 4.82. The van der Waals surface area contributed by atoms with Gasteiger partial charge in [-0.25, -0.2) is 0 Å². The molecule has 1 aromatic rings. The number of nitro groups is 1. The molecule has 0 saturated carbocycles. The van der Waals surface area contributed by atoms with E-state index in [0.29, 0.717) is 37.0 Å². The third-order valence-corrected chi connectivity index (χ3v) is 3.28. The van der Waals surface area contributed by atoms with E-state index >= 15 is 0 Å². The Morgan fingerprint density at radius 2 is 2.42 bits per heavy atom. The minimum Gasteiger partial charge on any atom is -0.373 e. The molecule has 1 N–H and O–H groups in total. The summed E-state index contributed by atoms with van der Waals surface area (Å²) in [5.74, 6) is 0. The van der Waals surface area contributed by atoms with Crippen LogP contribution in [0.25, 0.3) is 0 Å². The minimum absolute atomic E-state index is 0.0253. The molecule has 104 valence electrons. The number of likely N-dealkylation sites (N-methyl/N-ethyl adjacent to an activating group) is 1. The number of hydrogen-bond donors (Lipinski definition) is 1. The molecule has 2 rings (SSSR count). The lowest BCUT2D eigenvalue weighted by molar-refractivity contribution is -0.384. The number of nitrogens with zero attached hydrogens (tertiary/aromatic N) is 2. The van der Waals surface area contributed by atoms with Crippen molar-refractivity contribution in [2.75, 3.05) is 38.2 Å². The summed E-state index contributed by atoms with van der Waals surface area (Å²) in [6.45, 7) is 2.50. The van der Waals surface area contributed by atoms with E-state index in [1.165, 1.54) is 12.1 Å². The number of morpholine rings is 1. The monoisotopic (exact) mass is 285 g/mol. The topological polar surface area (TPSA) is 67.6 Å². The van der Waals surface area contributed by atoms with Crippen molar-refractivity contribution >= 4 is 23.0 Å². The summed E-state index contributed by atoms with van der Waals surface area (Å²) in [5.41, 5.74) is 0.636. The van der Waals surface area contributed by atoms with Gasteiger partial charge in [-0.15, -0.1) is 0 Å². The maximum absolute atomic E-state index is 11.1. The van der Waals surface area contributed by atoms with Crippen molar-refractivity contribution in [3.63, 3.8) is 0 Å². The summed E-state index contributed by atoms with van der Waals surface area (Å²) in [7, 11) is 1.85. The molecule has 1 saturated heterocycles. The van der Waals surface area contributed by atoms with Crippen molar-refractivity contribution in [1.82, 2.24) is 5.32 Å². The van der Waals surface area contributed by atoms with Crippen LogP contribution in [0, 0.1) is 10.1 Å². The number of nitro benzene ring substituents is 1. The van der Waals surface area contributed by atoms with Gasteiger partial charge in [-0.2, -0.15) is 0 Å². The summed E-state index contributed by atoms with van der Waals surface area (Å²) in [6.07, 6.45) is 0.0253. The van der Waals surface area contributed by atoms with Gasteiger partial charge in [0.15, 0.2) is 0 Å². The van der Waals surface area contributed by atoms with Gasteiger partial charge in [0.1, 0.15) is 5.69 Å². The molecule has 19 heavy (non-hydrogen) atoms. The van der Waals surface area contributed by atoms with Crippen molar-refractivity contribution in [2.45, 2.75) is 6.10 Å². The van der Waals surface area contributed by atoms with E-state index in [9.17, 15) is 10.1 Å². The highest BCUT2D eigenvalue weighted by molar-refractivity contribution is 6.31. The van der Waals surface area contributed by atoms with Crippen LogP contribution in [0.5, 0.6) is 0 Å². The Kier molecular flexibility index (Phi) is 4.57. The second kappa shape index (κ2) is 6.18. The Bertz CT molecular complexity index is 468. The van der Waals surface area contributed by atoms with Gasteiger partial charge in [0.25, 0.3) is 5.69 Å². The second-order valence-electron chi connectivity index (χ2n) is 4.39. The number of hydrogen-bond acceptors (Lipinski definition) is 5. The van der Waals surface area contributed by atoms with Crippen LogP contribution in [0.15, 0.2) is 18.2 Å². The Balaban J connectivity index is 2.24. The maximum atomic E-state index is 11.1. The fourth-order valence-electron chi connectivity index (χ4n) is 2.19. The molecule has 0 spiro atoms. The molecular formula is C12H16ClN3O3. The van der Waals surface area contributed by atoms with Gasteiger partial charge >= 0.3 is 0 Å². The largest absolute Gasteiger partial charge is 0.373 e. The highest BCUT2D eigenvalue weighted by Crippen LogP contribution is 2.32. The van der Waals surface area contributed by atoms with Crippen LogP contribution in [0.1, 0.15) is 0 Å². The summed E-state index contributed by atoms with van der Waals surface area (Å²) in [6, 6.07) is 4.62. The van der Waals surface area contributed by atoms with E-state index in [2.05, 4.69) is 5.32 Å². The molecule has 1 aromatic carbocycles. The van der Waals surface area contributed by atoms with Gasteiger partial charge in [0.05, 0.1) is 17.6 Å². The third-order valence-electron chi connectivity index (χ3n) is 3.05. The molecule has 0 aliphatic carbocycles. The molecule has 0 radical (unpaired) electrons. The average Bonchev–Trinajstić information content (AvgIpc) is 2.39. The molecule has 0 aromatic heterocycles. The van der Waals surface area contributed by atoms with Crippen LogP contribution < -0.4 is 10.2 Å². The predicted molar refractivity (Wildman–Crippen MR) is 74.0 cm³/mol. The average molecular weight is 286 g/mol. The number of anilines is 1. The zero-order valence-corrected chi connectivity index (χ0v) is 11.4. The number of halogens is 1. The molecule has 1 fully saturated rings. The first-order chi connectivity index (χ1) is 9.11. The molecule has 6 nitrogen and oxygen atoms in total. The molecule has 1 unspecified atom stereocenters. The first-order valence-corrected chi connectivity index (χ1v) is 6.44. The zero-order valence-electron chi connectivity index (χ0n) is 10.6. The minimum atomic E-state index is -0.381. The quantitative estimate of drug-likeness (QED) is 0.673. The molecule has 1 heterocycles. The summed E-state index contributed by atoms with van der Waals surface area (Å²) >= 11 is 5.95. The molecule has 1 aliphatic rings. The van der Waals surface area contributed by atoms with Crippen molar-refractivity contribution in [3.8, 4) is 0 Å². The van der Waals surface area contributed by atoms with Crippen LogP contribution >= 0.6 is 11.6 Å². The fraction of sp³-hybridized carbons (Fsp3) is 0.500. The first kappa shape index (κ1) is 14.0. The SMILES string of the molecule is CNCC1CN(c2cc(Cl)ccc2[N+](=O)[O-])CCO1. The summed E-state index contributed by atoms with van der Waals surface area (Å²) in [4.78, 5) is 12.6. The normalized spacial score (nSPS) is 19.5. The van der Waals surface area contributed by atoms with Gasteiger partial charge in [0.2, 0.25) is 0 Å². The molecule has 7 heteroatoms. The number of ether oxygens (including phenoxy) is 1. The van der Waals surface area contributed by atoms with Crippen molar-refractivity contribution in [1.29, 1.82) is 0 Å². The van der Waals surface area contributed by atoms with E-state index in [1.54, 1.807) is 6.07 Å². The molecule has 0 amide bonds. The smallest absolute Gasteiger partial charge is 0.292 e. The summed E-state index contributed by atoms with van der Waals surface area (Å²) in [5, 5.41) is 14.6. The number of benzene rings is 1. The van der Waals surface area contributed by atoms with E-state index in [4.69, 9.17) is 16.3 Å². The number of nitrogens with one attached hydrogen (secondary N) is 1. The van der Waals surface area contributed by atoms with E-state index < -0.39 is 0 Å². The fourth-order valence-corrected chi connectivity index (χ4v) is 2.36. The zero-order chi connectivity index (χ0) is 13.8. The Morgan fingerprint density at radius 1 is 1.63 bits per heavy atom. The third kappa shape index (κ3) is 3.34. The summed E-state index contributed by atoms with van der Waals surface area (Å²) < 4.78 is 5.59. The van der Waals surface area contributed by atoms with E-state index in [-0.39, 0.29) is 16.7 Å². The molecule has 1 aliphatic heterocycles. The van der Waals surface area contributed by atoms with Crippen LogP contribution in [0.4, 0.5) is 11.4 Å². The van der Waals surface area contributed by atoms with Crippen LogP contribution in [0.3, 0.4) is 0 Å². The Morgan fingerprint density at radius 3 is 3.11 bits per heavy atom. The number of rotatable bonds is 4. The lowest BCUT2D eigenvalue weighted by atomic mass is 10.2. The first-order valence-electron chi connectivity index (χ1n) is 6.07. The van der Waals surface area contributed by atoms with Gasteiger partial charge in [-0.05, 0) is 19.2 Å². The van der Waals surface area contributed by atoms with Crippen molar-refractivity contribution in [2.24, 2.45) is 0 Å². The van der Waals surface area contributed by atoms with Crippen LogP contribution in [0.2, 0.25) is 5.02 Å². The van der Waals surface area contributed by atoms with Gasteiger partial charge in [-0.3, -0.25) is 10.1 Å². The van der Waals surface area contributed by atoms with Crippen molar-refractivity contribution < 1.29 is 9.66 Å². The van der Waals surface area contributed by atoms with Gasteiger partial charge in [0, 0.05) is 30.7 Å². The van der Waals surface area contributed by atoms with E-state index in [0.717, 1.165) is 0 Å². The highest BCUT2D eigenvalue weighted by Gasteiger charge is 2.25. The molecular weight excluding hydrogens is 270 g/mol. The highest BCUT2D eigenvalue weighted by atomic mass is 35.5. The Hall–Kier alpha value is -1.37. The standard InChI is InChI=1S/C12H16ClN3O3/c1-14-7-10-8-15(4-5-19-10)12-6-9(13)2-3-11(12)16(17)18/h2-3,6,10,14H,4-5,7-8H2,1H3. The molecule has 1 atom stereocenters. The van der Waals surface area contributed by atoms with Crippen molar-refractivity contribution in [3.05, 3.63) is 33.3 Å². The lowest BCUT2D eigenvalue weighted by Crippen LogP contribution is -2.46. The van der Waals surface area contributed by atoms with Gasteiger partial charge < -0.3 is 15.0 Å². The predicted octanol–water partition coefficient (Wildman–Crippen LogP) is 1.67. The molecule has 0 bridgehead atoms. The van der Waals surface area contributed by atoms with Crippen LogP contribution in [-0.4, -0.2) is 44.3 Å². The van der Waals surface area contributed by atoms with Gasteiger partial charge in [-0.1, -0.05) is 11.6 Å².